The van der Waals surface area contributed by atoms with Crippen LogP contribution < -0.4 is 5.73 Å². The van der Waals surface area contributed by atoms with E-state index < -0.39 is 11.2 Å². The summed E-state index contributed by atoms with van der Waals surface area (Å²) in [6.45, 7) is 5.97. The Morgan fingerprint density at radius 3 is 1.27 bits per heavy atom. The molecule has 3 fully saturated rings. The Morgan fingerprint density at radius 1 is 0.575 bits per heavy atom. The van der Waals surface area contributed by atoms with Crippen molar-refractivity contribution in [3.05, 3.63) is 174 Å². The van der Waals surface area contributed by atoms with Gasteiger partial charge in [0.15, 0.2) is 5.78 Å². The van der Waals surface area contributed by atoms with Gasteiger partial charge in [0.05, 0.1) is 0 Å². The molecule has 3 aliphatic carbocycles. The topological polar surface area (TPSA) is 132 Å². The number of nitrogens with two attached hydrogens (primary N) is 1. The summed E-state index contributed by atoms with van der Waals surface area (Å²) in [6.07, 6.45) is 16.6. The fourth-order valence-electron chi connectivity index (χ4n) is 9.01. The number of halogens is 6. The van der Waals surface area contributed by atoms with E-state index in [1.807, 2.05) is 19.1 Å². The summed E-state index contributed by atoms with van der Waals surface area (Å²) in [7, 11) is 0. The zero-order valence-corrected chi connectivity index (χ0v) is 50.4. The molecule has 0 saturated heterocycles. The fourth-order valence-corrected chi connectivity index (χ4v) is 10.0. The van der Waals surface area contributed by atoms with E-state index in [2.05, 4.69) is 119 Å². The average Bonchev–Trinajstić information content (AvgIpc) is 3.33. The van der Waals surface area contributed by atoms with Crippen LogP contribution >= 0.6 is 87.0 Å². The molecule has 0 bridgehead atoms. The summed E-state index contributed by atoms with van der Waals surface area (Å²) in [4.78, 5) is 56.6. The van der Waals surface area contributed by atoms with Gasteiger partial charge in [-0.3, -0.25) is 24.0 Å². The summed E-state index contributed by atoms with van der Waals surface area (Å²) in [5.74, 6) is 0.150. The van der Waals surface area contributed by atoms with Gasteiger partial charge in [-0.1, -0.05) is 155 Å². The zero-order valence-electron chi connectivity index (χ0n) is 41.9. The van der Waals surface area contributed by atoms with Crippen LogP contribution in [-0.4, -0.2) is 33.7 Å². The minimum absolute atomic E-state index is 0.0132. The third kappa shape index (κ3) is 21.7. The summed E-state index contributed by atoms with van der Waals surface area (Å²) < 4.78 is 2.23. The molecule has 73 heavy (non-hydrogen) atoms. The van der Waals surface area contributed by atoms with Gasteiger partial charge in [0.2, 0.25) is 0 Å². The van der Waals surface area contributed by atoms with E-state index in [1.165, 1.54) is 54.9 Å². The number of aliphatic carboxylic acids is 1. The van der Waals surface area contributed by atoms with Gasteiger partial charge in [-0.15, -0.1) is 0 Å². The Morgan fingerprint density at radius 2 is 0.959 bits per heavy atom. The van der Waals surface area contributed by atoms with Crippen molar-refractivity contribution in [1.82, 2.24) is 0 Å². The van der Waals surface area contributed by atoms with E-state index in [4.69, 9.17) is 45.6 Å². The first-order valence-corrected chi connectivity index (χ1v) is 30.6. The second-order valence-electron chi connectivity index (χ2n) is 19.0. The Bertz CT molecular complexity index is 2520. The summed E-state index contributed by atoms with van der Waals surface area (Å²) in [6, 6.07) is 38.7. The van der Waals surface area contributed by atoms with Crippen molar-refractivity contribution >= 4 is 116 Å². The predicted molar refractivity (Wildman–Crippen MR) is 312 cm³/mol. The van der Waals surface area contributed by atoms with Crippen LogP contribution in [0.3, 0.4) is 0 Å². The van der Waals surface area contributed by atoms with Gasteiger partial charge < -0.3 is 10.8 Å². The molecule has 0 spiro atoms. The Balaban J connectivity index is 0.000000258. The van der Waals surface area contributed by atoms with E-state index in [-0.39, 0.29) is 22.2 Å². The third-order valence-electron chi connectivity index (χ3n) is 13.5. The van der Waals surface area contributed by atoms with Crippen LogP contribution in [0.5, 0.6) is 0 Å². The molecule has 14 heteroatoms. The number of rotatable bonds is 17. The van der Waals surface area contributed by atoms with Crippen LogP contribution in [0, 0.1) is 0 Å². The van der Waals surface area contributed by atoms with Gasteiger partial charge in [0.25, 0.3) is 5.24 Å². The molecule has 8 rings (SSSR count). The molecule has 0 aromatic heterocycles. The van der Waals surface area contributed by atoms with E-state index in [1.54, 1.807) is 62.8 Å². The minimum atomic E-state index is -0.711. The van der Waals surface area contributed by atoms with Gasteiger partial charge in [-0.2, -0.15) is 0 Å². The molecule has 0 aliphatic heterocycles. The second-order valence-corrected chi connectivity index (χ2v) is 22.0. The average molecular weight is 1340 g/mol. The van der Waals surface area contributed by atoms with Crippen molar-refractivity contribution in [2.75, 3.05) is 0 Å². The Kier molecular flexibility index (Phi) is 29.6. The second kappa shape index (κ2) is 33.4. The van der Waals surface area contributed by atoms with E-state index in [9.17, 15) is 24.0 Å². The molecule has 3 N–H and O–H groups in total. The molecule has 0 atom stereocenters. The van der Waals surface area contributed by atoms with Crippen LogP contribution in [0.15, 0.2) is 130 Å². The molecule has 3 saturated carbocycles. The number of ketones is 3. The van der Waals surface area contributed by atoms with Gasteiger partial charge in [0, 0.05) is 85.0 Å². The Hall–Kier alpha value is -2.71. The van der Waals surface area contributed by atoms with Crippen molar-refractivity contribution in [1.29, 1.82) is 0 Å². The van der Waals surface area contributed by atoms with Crippen molar-refractivity contribution in [2.45, 2.75) is 153 Å². The van der Waals surface area contributed by atoms with Crippen molar-refractivity contribution in [3.63, 3.8) is 0 Å². The molecular weight excluding hydrogens is 1280 g/mol. The SMILES string of the molecule is CCCC(=O)CC1(c2ccc(Br)cc2)CCC1.CCCC(=O)CC1(c2ccc(CC(=O)c3cccc(Cl)c3)cc2)CCC1.CCCC(=O)O.NC1(c2ccc(Br)cc2)CCC1.O=C(Cl)c1cccc(Cl)c1.[Cu][I]. The maximum absolute atomic E-state index is 12.4. The van der Waals surface area contributed by atoms with Crippen LogP contribution in [0.25, 0.3) is 0 Å². The monoisotopic (exact) mass is 1340 g/mol. The molecular formula is C59H68Br2Cl3CuINO6. The number of hydrogen-bond acceptors (Lipinski definition) is 6. The number of carbonyl (C=O) groups is 5. The quantitative estimate of drug-likeness (QED) is 0.0410. The number of benzene rings is 5. The standard InChI is InChI=1S/C23H25ClO2.C15H19BrO.C10H12BrN.C7H4Cl2O.C4H8O2.Cu.HI/c1-2-5-21(25)16-23(12-4-13-23)19-10-8-17(9-11-19)14-22(26)18-6-3-7-20(24)15-18;1-2-4-14(17)11-15(9-3-10-15)12-5-7-13(16)8-6-12;11-9-4-2-8(3-5-9)10(12)6-1-7-10;8-6-3-1-2-5(4-6)7(9)10;1-2-3-4(5)6;;/h3,6-11,15H,2,4-5,12-14,16H2,1H3;5-8H,2-4,9-11H2,1H3;2-5H,1,6-7,12H2;1-4H;2-3H2,1H3,(H,5,6);;1H/q;;;;;+1;/p-1. The molecule has 3 aliphatic rings. The number of carboxylic acids is 1. The summed E-state index contributed by atoms with van der Waals surface area (Å²) in [5.41, 5.74) is 12.3. The normalized spacial score (nSPS) is 14.9. The fraction of sp³-hybridized carbons (Fsp3) is 0.407. The molecule has 398 valence electrons. The molecule has 0 amide bonds. The van der Waals surface area contributed by atoms with Gasteiger partial charge in [-0.05, 0) is 153 Å². The third-order valence-corrected chi connectivity index (χ3v) is 15.2. The molecule has 5 aromatic carbocycles. The number of carbonyl (C=O) groups excluding carboxylic acids is 4. The molecule has 0 radical (unpaired) electrons. The van der Waals surface area contributed by atoms with Crippen LogP contribution in [0.2, 0.25) is 10.0 Å². The van der Waals surface area contributed by atoms with Crippen molar-refractivity contribution in [3.8, 4) is 0 Å². The molecule has 7 nitrogen and oxygen atoms in total. The van der Waals surface area contributed by atoms with E-state index >= 15 is 0 Å². The molecule has 5 aromatic rings. The van der Waals surface area contributed by atoms with Crippen molar-refractivity contribution in [2.24, 2.45) is 5.73 Å². The maximum atomic E-state index is 12.4. The predicted octanol–water partition coefficient (Wildman–Crippen LogP) is 17.8. The van der Waals surface area contributed by atoms with Crippen LogP contribution in [0.4, 0.5) is 0 Å². The van der Waals surface area contributed by atoms with Crippen LogP contribution in [0.1, 0.15) is 173 Å². The molecule has 0 unspecified atom stereocenters. The van der Waals surface area contributed by atoms with E-state index in [0.717, 1.165) is 72.3 Å². The first-order valence-electron chi connectivity index (χ1n) is 24.9. The van der Waals surface area contributed by atoms with E-state index in [0.29, 0.717) is 58.4 Å². The van der Waals surface area contributed by atoms with Gasteiger partial charge >= 0.3 is 39.1 Å². The number of Topliss-reactive ketones (excluding diaryl/α,β-unsaturated/α-hetero) is 3. The van der Waals surface area contributed by atoms with Crippen molar-refractivity contribution < 1.29 is 41.8 Å². The van der Waals surface area contributed by atoms with Crippen LogP contribution in [-0.2, 0) is 49.9 Å². The Labute approximate surface area is 485 Å². The molecule has 0 heterocycles. The summed E-state index contributed by atoms with van der Waals surface area (Å²) in [5, 5.41) is 8.53. The van der Waals surface area contributed by atoms with Gasteiger partial charge in [-0.25, -0.2) is 0 Å². The number of hydrogen-bond donors (Lipinski definition) is 2. The van der Waals surface area contributed by atoms with Gasteiger partial charge in [0.1, 0.15) is 11.6 Å². The first kappa shape index (κ1) is 64.6. The zero-order chi connectivity index (χ0) is 54.0. The number of carboxylic acid groups (broad SMARTS) is 1. The summed E-state index contributed by atoms with van der Waals surface area (Å²) >= 11 is 29.5. The first-order chi connectivity index (χ1) is 34.9.